The van der Waals surface area contributed by atoms with Crippen molar-refractivity contribution in [1.29, 1.82) is 0 Å². The largest absolute Gasteiger partial charge is 0.465 e. The van der Waals surface area contributed by atoms with Gasteiger partial charge < -0.3 is 4.74 Å². The van der Waals surface area contributed by atoms with Gasteiger partial charge in [-0.1, -0.05) is 13.2 Å². The van der Waals surface area contributed by atoms with E-state index in [1.807, 2.05) is 6.07 Å². The van der Waals surface area contributed by atoms with Crippen LogP contribution in [0.2, 0.25) is 0 Å². The normalized spacial score (nSPS) is 10.7. The van der Waals surface area contributed by atoms with Gasteiger partial charge in [-0.3, -0.25) is 0 Å². The summed E-state index contributed by atoms with van der Waals surface area (Å²) in [6.45, 7) is 12.8. The summed E-state index contributed by atoms with van der Waals surface area (Å²) in [5.74, 6) is -0.330. The number of hydrogen-bond acceptors (Lipinski definition) is 5. The van der Waals surface area contributed by atoms with Gasteiger partial charge >= 0.3 is 5.97 Å². The minimum absolute atomic E-state index is 0.330. The van der Waals surface area contributed by atoms with Crippen molar-refractivity contribution in [2.24, 2.45) is 0 Å². The smallest absolute Gasteiger partial charge is 0.348 e. The minimum Gasteiger partial charge on any atom is -0.465 e. The molecule has 3 aromatic rings. The van der Waals surface area contributed by atoms with Gasteiger partial charge in [0.25, 0.3) is 0 Å². The summed E-state index contributed by atoms with van der Waals surface area (Å²) < 4.78 is 4.91. The van der Waals surface area contributed by atoms with E-state index in [1.54, 1.807) is 22.7 Å². The van der Waals surface area contributed by atoms with E-state index in [0.29, 0.717) is 4.88 Å². The monoisotopic (exact) mass is 386 g/mol. The van der Waals surface area contributed by atoms with E-state index in [0.717, 1.165) is 31.3 Å². The Labute approximate surface area is 159 Å². The van der Waals surface area contributed by atoms with Crippen LogP contribution in [-0.4, -0.2) is 13.1 Å². The molecule has 0 radical (unpaired) electrons. The molecule has 0 atom stereocenters. The number of carbonyl (C=O) groups excluding carboxylic acids is 1. The molecule has 0 bridgehead atoms. The average molecular weight is 387 g/mol. The Hall–Kier alpha value is -1.95. The number of thiophene rings is 3. The Balaban J connectivity index is 2.13. The summed E-state index contributed by atoms with van der Waals surface area (Å²) >= 11 is 4.73. The predicted molar refractivity (Wildman–Crippen MR) is 110 cm³/mol. The maximum absolute atomic E-state index is 12.1. The van der Waals surface area contributed by atoms with Crippen LogP contribution in [0.1, 0.15) is 41.0 Å². The Kier molecular flexibility index (Phi) is 5.08. The molecule has 3 aromatic heterocycles. The SMILES string of the molecule is C=C(c1cc(C(=O)OC)sc1C(=C)c1sccc1C)c1sccc1C. The molecule has 25 heavy (non-hydrogen) atoms. The second-order valence-electron chi connectivity index (χ2n) is 5.67. The lowest BCUT2D eigenvalue weighted by Crippen LogP contribution is -1.97. The Bertz CT molecular complexity index is 899. The zero-order chi connectivity index (χ0) is 18.1. The van der Waals surface area contributed by atoms with Crippen LogP contribution in [0.25, 0.3) is 11.1 Å². The van der Waals surface area contributed by atoms with Crippen molar-refractivity contribution in [1.82, 2.24) is 0 Å². The second-order valence-corrected chi connectivity index (χ2v) is 8.55. The van der Waals surface area contributed by atoms with Crippen LogP contribution in [0.3, 0.4) is 0 Å². The van der Waals surface area contributed by atoms with Crippen molar-refractivity contribution in [2.75, 3.05) is 7.11 Å². The molecule has 5 heteroatoms. The molecule has 0 aliphatic rings. The first kappa shape index (κ1) is 17.9. The van der Waals surface area contributed by atoms with Crippen molar-refractivity contribution in [3.8, 4) is 0 Å². The Morgan fingerprint density at radius 1 is 0.960 bits per heavy atom. The van der Waals surface area contributed by atoms with Gasteiger partial charge in [0.15, 0.2) is 0 Å². The van der Waals surface area contributed by atoms with Gasteiger partial charge in [0.1, 0.15) is 4.88 Å². The van der Waals surface area contributed by atoms with E-state index in [9.17, 15) is 4.79 Å². The van der Waals surface area contributed by atoms with E-state index in [4.69, 9.17) is 4.74 Å². The quantitative estimate of drug-likeness (QED) is 0.474. The number of aryl methyl sites for hydroxylation is 2. The van der Waals surface area contributed by atoms with Crippen molar-refractivity contribution < 1.29 is 9.53 Å². The predicted octanol–water partition coefficient (Wildman–Crippen LogP) is 6.40. The number of carbonyl (C=O) groups is 1. The number of ether oxygens (including phenoxy) is 1. The molecule has 0 aliphatic heterocycles. The van der Waals surface area contributed by atoms with E-state index >= 15 is 0 Å². The molecular formula is C20H18O2S3. The van der Waals surface area contributed by atoms with Crippen LogP contribution in [0.15, 0.2) is 42.1 Å². The standard InChI is InChI=1S/C20H18O2S3/c1-11-6-8-23-17(11)13(3)15-10-16(20(21)22-5)25-19(15)14(4)18-12(2)7-9-24-18/h6-10H,3-4H2,1-2,5H3. The van der Waals surface area contributed by atoms with Gasteiger partial charge in [-0.05, 0) is 59.5 Å². The fourth-order valence-electron chi connectivity index (χ4n) is 2.63. The highest BCUT2D eigenvalue weighted by Crippen LogP contribution is 2.41. The van der Waals surface area contributed by atoms with E-state index < -0.39 is 0 Å². The van der Waals surface area contributed by atoms with Gasteiger partial charge in [-0.15, -0.1) is 34.0 Å². The molecule has 0 fully saturated rings. The first-order chi connectivity index (χ1) is 11.9. The van der Waals surface area contributed by atoms with Crippen molar-refractivity contribution in [3.05, 3.63) is 78.3 Å². The first-order valence-electron chi connectivity index (χ1n) is 7.63. The highest BCUT2D eigenvalue weighted by Gasteiger charge is 2.22. The van der Waals surface area contributed by atoms with Gasteiger partial charge in [0.2, 0.25) is 0 Å². The number of esters is 1. The fraction of sp³-hybridized carbons (Fsp3) is 0.150. The summed E-state index contributed by atoms with van der Waals surface area (Å²) in [5, 5.41) is 4.12. The van der Waals surface area contributed by atoms with Gasteiger partial charge in [0, 0.05) is 25.8 Å². The fourth-order valence-corrected chi connectivity index (χ4v) is 5.60. The maximum Gasteiger partial charge on any atom is 0.348 e. The third-order valence-corrected chi connectivity index (χ3v) is 7.32. The van der Waals surface area contributed by atoms with Crippen molar-refractivity contribution in [3.63, 3.8) is 0 Å². The van der Waals surface area contributed by atoms with Crippen LogP contribution in [-0.2, 0) is 4.74 Å². The Morgan fingerprint density at radius 3 is 2.00 bits per heavy atom. The van der Waals surface area contributed by atoms with Gasteiger partial charge in [-0.2, -0.15) is 0 Å². The lowest BCUT2D eigenvalue weighted by atomic mass is 10.00. The zero-order valence-corrected chi connectivity index (χ0v) is 16.8. The van der Waals surface area contributed by atoms with E-state index in [2.05, 4.69) is 49.9 Å². The highest BCUT2D eigenvalue weighted by atomic mass is 32.1. The summed E-state index contributed by atoms with van der Waals surface area (Å²) in [6.07, 6.45) is 0. The van der Waals surface area contributed by atoms with Crippen LogP contribution in [0, 0.1) is 13.8 Å². The van der Waals surface area contributed by atoms with Gasteiger partial charge in [-0.25, -0.2) is 4.79 Å². The molecular weight excluding hydrogens is 368 g/mol. The lowest BCUT2D eigenvalue weighted by molar-refractivity contribution is 0.0606. The zero-order valence-electron chi connectivity index (χ0n) is 14.3. The van der Waals surface area contributed by atoms with Crippen LogP contribution in [0.4, 0.5) is 0 Å². The van der Waals surface area contributed by atoms with Crippen molar-refractivity contribution in [2.45, 2.75) is 13.8 Å². The molecule has 0 saturated carbocycles. The van der Waals surface area contributed by atoms with Crippen molar-refractivity contribution >= 4 is 51.1 Å². The molecule has 3 heterocycles. The summed E-state index contributed by atoms with van der Waals surface area (Å²) in [5.41, 5.74) is 5.17. The van der Waals surface area contributed by atoms with E-state index in [1.165, 1.54) is 29.6 Å². The van der Waals surface area contributed by atoms with Crippen LogP contribution >= 0.6 is 34.0 Å². The highest BCUT2D eigenvalue weighted by molar-refractivity contribution is 7.16. The topological polar surface area (TPSA) is 26.3 Å². The molecule has 128 valence electrons. The number of methoxy groups -OCH3 is 1. The third kappa shape index (κ3) is 3.27. The molecule has 0 saturated heterocycles. The third-order valence-electron chi connectivity index (χ3n) is 3.99. The van der Waals surface area contributed by atoms with Crippen LogP contribution in [0.5, 0.6) is 0 Å². The van der Waals surface area contributed by atoms with E-state index in [-0.39, 0.29) is 5.97 Å². The van der Waals surface area contributed by atoms with Gasteiger partial charge in [0.05, 0.1) is 7.11 Å². The number of hydrogen-bond donors (Lipinski definition) is 0. The molecule has 0 unspecified atom stereocenters. The Morgan fingerprint density at radius 2 is 1.52 bits per heavy atom. The second kappa shape index (κ2) is 7.12. The minimum atomic E-state index is -0.330. The van der Waals surface area contributed by atoms with Crippen LogP contribution < -0.4 is 0 Å². The first-order valence-corrected chi connectivity index (χ1v) is 10.2. The number of rotatable bonds is 5. The molecule has 2 nitrogen and oxygen atoms in total. The summed E-state index contributed by atoms with van der Waals surface area (Å²) in [6, 6.07) is 6.04. The molecule has 0 N–H and O–H groups in total. The molecule has 0 spiro atoms. The molecule has 0 aliphatic carbocycles. The molecule has 0 amide bonds. The maximum atomic E-state index is 12.1. The lowest BCUT2D eigenvalue weighted by Gasteiger charge is -2.09. The average Bonchev–Trinajstić information content (AvgIpc) is 3.32. The summed E-state index contributed by atoms with van der Waals surface area (Å²) in [4.78, 5) is 15.9. The summed E-state index contributed by atoms with van der Waals surface area (Å²) in [7, 11) is 1.40. The molecule has 0 aromatic carbocycles. The molecule has 3 rings (SSSR count).